The summed E-state index contributed by atoms with van der Waals surface area (Å²) in [6.45, 7) is 0.118. The van der Waals surface area contributed by atoms with Crippen molar-refractivity contribution >= 4 is 17.5 Å². The lowest BCUT2D eigenvalue weighted by Crippen LogP contribution is -2.33. The molecule has 0 fully saturated rings. The molecule has 0 atom stereocenters. The molecule has 0 unspecified atom stereocenters. The molecule has 3 rings (SSSR count). The summed E-state index contributed by atoms with van der Waals surface area (Å²) in [4.78, 5) is 14.4. The lowest BCUT2D eigenvalue weighted by Gasteiger charge is -2.22. The summed E-state index contributed by atoms with van der Waals surface area (Å²) in [5.41, 5.74) is 1.98. The number of amides is 1. The monoisotopic (exact) mass is 416 g/mol. The van der Waals surface area contributed by atoms with E-state index < -0.39 is 5.91 Å². The highest BCUT2D eigenvalue weighted by molar-refractivity contribution is 6.30. The number of benzene rings is 2. The summed E-state index contributed by atoms with van der Waals surface area (Å²) in [5, 5.41) is 14.0. The number of hydrogen-bond acceptors (Lipinski definition) is 6. The number of aromatic nitrogens is 1. The fourth-order valence-electron chi connectivity index (χ4n) is 2.90. The van der Waals surface area contributed by atoms with E-state index in [9.17, 15) is 9.90 Å². The molecule has 1 aromatic heterocycles. The minimum atomic E-state index is -0.398. The first kappa shape index (κ1) is 20.7. The molecular weight excluding hydrogens is 396 g/mol. The van der Waals surface area contributed by atoms with Crippen LogP contribution in [0, 0.1) is 0 Å². The van der Waals surface area contributed by atoms with Crippen LogP contribution < -0.4 is 9.47 Å². The molecule has 0 aliphatic heterocycles. The minimum absolute atomic E-state index is 0.0651. The first-order chi connectivity index (χ1) is 14.0. The van der Waals surface area contributed by atoms with E-state index in [1.54, 1.807) is 56.7 Å². The van der Waals surface area contributed by atoms with Crippen molar-refractivity contribution in [3.8, 4) is 22.8 Å². The number of hydrogen-bond donors (Lipinski definition) is 1. The van der Waals surface area contributed by atoms with Crippen molar-refractivity contribution in [3.05, 3.63) is 64.9 Å². The fraction of sp³-hybridized carbons (Fsp3) is 0.238. The first-order valence-corrected chi connectivity index (χ1v) is 9.27. The Labute approximate surface area is 173 Å². The van der Waals surface area contributed by atoms with Gasteiger partial charge in [0.25, 0.3) is 5.91 Å². The van der Waals surface area contributed by atoms with Crippen LogP contribution in [0.3, 0.4) is 0 Å². The van der Waals surface area contributed by atoms with Crippen LogP contribution in [0.5, 0.6) is 11.5 Å². The second-order valence-electron chi connectivity index (χ2n) is 6.21. The van der Waals surface area contributed by atoms with E-state index in [1.807, 2.05) is 6.07 Å². The van der Waals surface area contributed by atoms with Crippen molar-refractivity contribution in [1.29, 1.82) is 0 Å². The lowest BCUT2D eigenvalue weighted by atomic mass is 10.1. The normalized spacial score (nSPS) is 10.6. The molecule has 0 saturated carbocycles. The molecule has 0 spiro atoms. The Hall–Kier alpha value is -3.03. The fourth-order valence-corrected chi connectivity index (χ4v) is 3.09. The Bertz CT molecular complexity index is 989. The average molecular weight is 417 g/mol. The molecule has 0 radical (unpaired) electrons. The van der Waals surface area contributed by atoms with E-state index >= 15 is 0 Å². The second-order valence-corrected chi connectivity index (χ2v) is 6.65. The molecule has 1 N–H and O–H groups in total. The van der Waals surface area contributed by atoms with Crippen molar-refractivity contribution in [3.63, 3.8) is 0 Å². The van der Waals surface area contributed by atoms with Crippen LogP contribution in [0.15, 0.2) is 53.1 Å². The highest BCUT2D eigenvalue weighted by Gasteiger charge is 2.22. The lowest BCUT2D eigenvalue weighted by molar-refractivity contribution is 0.0665. The van der Waals surface area contributed by atoms with Gasteiger partial charge in [-0.3, -0.25) is 4.79 Å². The first-order valence-electron chi connectivity index (χ1n) is 8.89. The summed E-state index contributed by atoms with van der Waals surface area (Å²) in [6, 6.07) is 14.0. The number of carbonyl (C=O) groups is 1. The molecule has 3 aromatic rings. The van der Waals surface area contributed by atoms with Gasteiger partial charge < -0.3 is 24.0 Å². The van der Waals surface area contributed by atoms with Crippen molar-refractivity contribution in [2.24, 2.45) is 0 Å². The van der Waals surface area contributed by atoms with Gasteiger partial charge in [-0.15, -0.1) is 0 Å². The Morgan fingerprint density at radius 3 is 2.69 bits per heavy atom. The van der Waals surface area contributed by atoms with Gasteiger partial charge in [0, 0.05) is 35.3 Å². The maximum atomic E-state index is 13.0. The van der Waals surface area contributed by atoms with Gasteiger partial charge >= 0.3 is 0 Å². The second kappa shape index (κ2) is 9.45. The summed E-state index contributed by atoms with van der Waals surface area (Å²) in [7, 11) is 3.12. The van der Waals surface area contributed by atoms with E-state index in [0.29, 0.717) is 22.2 Å². The van der Waals surface area contributed by atoms with E-state index in [-0.39, 0.29) is 25.5 Å². The molecule has 152 valence electrons. The van der Waals surface area contributed by atoms with Gasteiger partial charge in [0.05, 0.1) is 20.8 Å². The maximum absolute atomic E-state index is 13.0. The summed E-state index contributed by atoms with van der Waals surface area (Å²) in [5.74, 6) is 0.916. The quantitative estimate of drug-likeness (QED) is 0.603. The third kappa shape index (κ3) is 4.88. The molecule has 0 aliphatic carbocycles. The van der Waals surface area contributed by atoms with Crippen LogP contribution in [-0.4, -0.2) is 48.4 Å². The Balaban J connectivity index is 1.85. The van der Waals surface area contributed by atoms with Gasteiger partial charge in [0.1, 0.15) is 17.2 Å². The number of carbonyl (C=O) groups excluding carboxylic acids is 1. The zero-order valence-electron chi connectivity index (χ0n) is 16.1. The van der Waals surface area contributed by atoms with Gasteiger partial charge in [-0.25, -0.2) is 0 Å². The zero-order valence-corrected chi connectivity index (χ0v) is 16.8. The van der Waals surface area contributed by atoms with Gasteiger partial charge in [0.15, 0.2) is 0 Å². The van der Waals surface area contributed by atoms with Crippen LogP contribution >= 0.6 is 11.6 Å². The van der Waals surface area contributed by atoms with Crippen molar-refractivity contribution in [2.75, 3.05) is 27.4 Å². The number of ether oxygens (including phenoxy) is 2. The maximum Gasteiger partial charge on any atom is 0.292 e. The highest BCUT2D eigenvalue weighted by Crippen LogP contribution is 2.27. The molecule has 1 amide bonds. The van der Waals surface area contributed by atoms with Crippen LogP contribution in [0.1, 0.15) is 16.1 Å². The number of methoxy groups -OCH3 is 2. The molecule has 29 heavy (non-hydrogen) atoms. The third-order valence-corrected chi connectivity index (χ3v) is 4.58. The highest BCUT2D eigenvalue weighted by atomic mass is 35.5. The predicted molar refractivity (Wildman–Crippen MR) is 108 cm³/mol. The number of rotatable bonds is 8. The van der Waals surface area contributed by atoms with Crippen molar-refractivity contribution in [2.45, 2.75) is 6.54 Å². The predicted octanol–water partition coefficient (Wildman–Crippen LogP) is 3.65. The molecule has 8 heteroatoms. The standard InChI is InChI=1S/C21H21ClN2O5/c1-27-17-6-7-19(28-2)15(11-17)13-24(8-9-25)21(26)20-12-18(23-29-20)14-4-3-5-16(22)10-14/h3-7,10-12,25H,8-9,13H2,1-2H3. The smallest absolute Gasteiger partial charge is 0.292 e. The van der Waals surface area contributed by atoms with Gasteiger partial charge in [-0.1, -0.05) is 28.9 Å². The summed E-state index contributed by atoms with van der Waals surface area (Å²) < 4.78 is 15.9. The molecule has 0 saturated heterocycles. The molecule has 1 heterocycles. The number of halogens is 1. The van der Waals surface area contributed by atoms with Crippen LogP contribution in [0.4, 0.5) is 0 Å². The van der Waals surface area contributed by atoms with Crippen molar-refractivity contribution in [1.82, 2.24) is 10.1 Å². The van der Waals surface area contributed by atoms with E-state index in [1.165, 1.54) is 4.90 Å². The number of aliphatic hydroxyl groups is 1. The topological polar surface area (TPSA) is 85.0 Å². The molecule has 7 nitrogen and oxygen atoms in total. The Morgan fingerprint density at radius 2 is 2.00 bits per heavy atom. The largest absolute Gasteiger partial charge is 0.497 e. The SMILES string of the molecule is COc1ccc(OC)c(CN(CCO)C(=O)c2cc(-c3cccc(Cl)c3)no2)c1. The van der Waals surface area contributed by atoms with Gasteiger partial charge in [0.2, 0.25) is 5.76 Å². The number of aliphatic hydroxyl groups excluding tert-OH is 1. The molecular formula is C21H21ClN2O5. The average Bonchev–Trinajstić information content (AvgIpc) is 3.23. The van der Waals surface area contributed by atoms with Gasteiger partial charge in [-0.05, 0) is 30.3 Å². The molecule has 0 aliphatic rings. The molecule has 2 aromatic carbocycles. The summed E-state index contributed by atoms with van der Waals surface area (Å²) in [6.07, 6.45) is 0. The summed E-state index contributed by atoms with van der Waals surface area (Å²) >= 11 is 6.02. The van der Waals surface area contributed by atoms with E-state index in [2.05, 4.69) is 5.16 Å². The van der Waals surface area contributed by atoms with Crippen LogP contribution in [0.25, 0.3) is 11.3 Å². The number of nitrogens with zero attached hydrogens (tertiary/aromatic N) is 2. The minimum Gasteiger partial charge on any atom is -0.497 e. The zero-order chi connectivity index (χ0) is 20.8. The van der Waals surface area contributed by atoms with Crippen LogP contribution in [-0.2, 0) is 6.54 Å². The van der Waals surface area contributed by atoms with E-state index in [4.69, 9.17) is 25.6 Å². The Morgan fingerprint density at radius 1 is 1.17 bits per heavy atom. The van der Waals surface area contributed by atoms with E-state index in [0.717, 1.165) is 11.1 Å². The Kier molecular flexibility index (Phi) is 6.74. The van der Waals surface area contributed by atoms with Gasteiger partial charge in [-0.2, -0.15) is 0 Å². The van der Waals surface area contributed by atoms with Crippen LogP contribution in [0.2, 0.25) is 5.02 Å². The third-order valence-electron chi connectivity index (χ3n) is 4.35. The molecule has 0 bridgehead atoms. The van der Waals surface area contributed by atoms with Crippen molar-refractivity contribution < 1.29 is 23.9 Å².